The standard InChI is InChI=1S/C11H15F2NO2S/c1-3-6-17(15,16)14-8(2)10-7-9(12)4-5-11(10)13/h4-5,7-8,14H,3,6H2,1-2H3. The molecule has 1 aromatic rings. The van der Waals surface area contributed by atoms with Gasteiger partial charge in [-0.25, -0.2) is 21.9 Å². The maximum Gasteiger partial charge on any atom is 0.212 e. The summed E-state index contributed by atoms with van der Waals surface area (Å²) in [5.74, 6) is -1.25. The fourth-order valence-corrected chi connectivity index (χ4v) is 2.83. The van der Waals surface area contributed by atoms with Crippen LogP contribution in [0.15, 0.2) is 18.2 Å². The van der Waals surface area contributed by atoms with Gasteiger partial charge in [-0.15, -0.1) is 0 Å². The van der Waals surface area contributed by atoms with Crippen molar-refractivity contribution in [2.45, 2.75) is 26.3 Å². The van der Waals surface area contributed by atoms with Crippen molar-refractivity contribution in [1.82, 2.24) is 4.72 Å². The van der Waals surface area contributed by atoms with Crippen molar-refractivity contribution in [2.75, 3.05) is 5.75 Å². The van der Waals surface area contributed by atoms with Crippen LogP contribution in [0.1, 0.15) is 31.9 Å². The predicted molar refractivity (Wildman–Crippen MR) is 62.0 cm³/mol. The van der Waals surface area contributed by atoms with Crippen molar-refractivity contribution in [2.24, 2.45) is 0 Å². The van der Waals surface area contributed by atoms with Gasteiger partial charge < -0.3 is 0 Å². The lowest BCUT2D eigenvalue weighted by Crippen LogP contribution is -2.29. The van der Waals surface area contributed by atoms with Gasteiger partial charge in [0.15, 0.2) is 0 Å². The van der Waals surface area contributed by atoms with Crippen molar-refractivity contribution in [3.63, 3.8) is 0 Å². The molecule has 0 radical (unpaired) electrons. The second kappa shape index (κ2) is 5.55. The van der Waals surface area contributed by atoms with Crippen molar-refractivity contribution >= 4 is 10.0 Å². The van der Waals surface area contributed by atoms with Gasteiger partial charge in [0.05, 0.1) is 5.75 Å². The number of halogens is 2. The Morgan fingerprint density at radius 3 is 2.59 bits per heavy atom. The number of hydrogen-bond acceptors (Lipinski definition) is 2. The molecule has 0 heterocycles. The number of sulfonamides is 1. The fraction of sp³-hybridized carbons (Fsp3) is 0.455. The van der Waals surface area contributed by atoms with E-state index >= 15 is 0 Å². The van der Waals surface area contributed by atoms with E-state index < -0.39 is 27.7 Å². The van der Waals surface area contributed by atoms with Gasteiger partial charge in [0.25, 0.3) is 0 Å². The van der Waals surface area contributed by atoms with E-state index in [4.69, 9.17) is 0 Å². The summed E-state index contributed by atoms with van der Waals surface area (Å²) in [5.41, 5.74) is 0.00433. The number of hydrogen-bond donors (Lipinski definition) is 1. The molecule has 3 nitrogen and oxygen atoms in total. The third-order valence-corrected chi connectivity index (χ3v) is 3.91. The molecule has 0 aliphatic carbocycles. The van der Waals surface area contributed by atoms with E-state index in [2.05, 4.69) is 4.72 Å². The summed E-state index contributed by atoms with van der Waals surface area (Å²) in [6, 6.07) is 2.18. The Balaban J connectivity index is 2.90. The molecule has 17 heavy (non-hydrogen) atoms. The molecular formula is C11H15F2NO2S. The molecule has 0 spiro atoms. The van der Waals surface area contributed by atoms with Crippen LogP contribution in [0.4, 0.5) is 8.78 Å². The van der Waals surface area contributed by atoms with Crippen molar-refractivity contribution in [3.05, 3.63) is 35.4 Å². The lowest BCUT2D eigenvalue weighted by Gasteiger charge is -2.15. The molecule has 0 saturated carbocycles. The van der Waals surface area contributed by atoms with Gasteiger partial charge in [-0.05, 0) is 31.5 Å². The van der Waals surface area contributed by atoms with Crippen LogP contribution < -0.4 is 4.72 Å². The average Bonchev–Trinajstić information content (AvgIpc) is 2.20. The van der Waals surface area contributed by atoms with Gasteiger partial charge in [0.2, 0.25) is 10.0 Å². The van der Waals surface area contributed by atoms with Gasteiger partial charge in [-0.3, -0.25) is 0 Å². The molecule has 0 saturated heterocycles. The predicted octanol–water partition coefficient (Wildman–Crippen LogP) is 2.36. The second-order valence-electron chi connectivity index (χ2n) is 3.82. The molecule has 0 aliphatic heterocycles. The van der Waals surface area contributed by atoms with Crippen molar-refractivity contribution in [1.29, 1.82) is 0 Å². The molecule has 0 aromatic heterocycles. The highest BCUT2D eigenvalue weighted by Gasteiger charge is 2.18. The first-order chi connectivity index (χ1) is 7.85. The highest BCUT2D eigenvalue weighted by atomic mass is 32.2. The minimum Gasteiger partial charge on any atom is -0.212 e. The Morgan fingerprint density at radius 1 is 1.35 bits per heavy atom. The lowest BCUT2D eigenvalue weighted by molar-refractivity contribution is 0.541. The molecule has 0 amide bonds. The monoisotopic (exact) mass is 263 g/mol. The number of benzene rings is 1. The molecule has 0 fully saturated rings. The van der Waals surface area contributed by atoms with Gasteiger partial charge in [-0.2, -0.15) is 0 Å². The van der Waals surface area contributed by atoms with Crippen molar-refractivity contribution in [3.8, 4) is 0 Å². The molecule has 1 rings (SSSR count). The Kier molecular flexibility index (Phi) is 4.59. The van der Waals surface area contributed by atoms with Crippen LogP contribution in [-0.4, -0.2) is 14.2 Å². The minimum absolute atomic E-state index is 0.00433. The molecule has 1 aromatic carbocycles. The van der Waals surface area contributed by atoms with Crippen LogP contribution >= 0.6 is 0 Å². The lowest BCUT2D eigenvalue weighted by atomic mass is 10.1. The third-order valence-electron chi connectivity index (χ3n) is 2.25. The summed E-state index contributed by atoms with van der Waals surface area (Å²) < 4.78 is 51.6. The largest absolute Gasteiger partial charge is 0.212 e. The van der Waals surface area contributed by atoms with Crippen LogP contribution in [-0.2, 0) is 10.0 Å². The fourth-order valence-electron chi connectivity index (χ4n) is 1.51. The molecule has 6 heteroatoms. The first-order valence-corrected chi connectivity index (χ1v) is 6.96. The Labute approximate surface area is 99.9 Å². The van der Waals surface area contributed by atoms with Gasteiger partial charge in [-0.1, -0.05) is 6.92 Å². The highest BCUT2D eigenvalue weighted by Crippen LogP contribution is 2.18. The molecule has 0 aliphatic rings. The summed E-state index contributed by atoms with van der Waals surface area (Å²) in [6.07, 6.45) is 0.466. The van der Waals surface area contributed by atoms with E-state index in [1.807, 2.05) is 0 Å². The summed E-state index contributed by atoms with van der Waals surface area (Å²) in [4.78, 5) is 0. The maximum absolute atomic E-state index is 13.4. The van der Waals surface area contributed by atoms with Gasteiger partial charge in [0, 0.05) is 11.6 Å². The summed E-state index contributed by atoms with van der Waals surface area (Å²) in [5, 5.41) is 0. The first kappa shape index (κ1) is 14.1. The van der Waals surface area contributed by atoms with E-state index in [1.165, 1.54) is 6.92 Å². The zero-order chi connectivity index (χ0) is 13.1. The highest BCUT2D eigenvalue weighted by molar-refractivity contribution is 7.89. The molecule has 96 valence electrons. The van der Waals surface area contributed by atoms with Crippen LogP contribution in [0.2, 0.25) is 0 Å². The third kappa shape index (κ3) is 4.05. The Bertz CT molecular complexity index is 488. The van der Waals surface area contributed by atoms with E-state index in [1.54, 1.807) is 6.92 Å². The van der Waals surface area contributed by atoms with Crippen molar-refractivity contribution < 1.29 is 17.2 Å². The minimum atomic E-state index is -3.45. The van der Waals surface area contributed by atoms with E-state index in [0.29, 0.717) is 6.42 Å². The SMILES string of the molecule is CCCS(=O)(=O)NC(C)c1cc(F)ccc1F. The van der Waals surface area contributed by atoms with Crippen LogP contribution in [0.3, 0.4) is 0 Å². The zero-order valence-corrected chi connectivity index (χ0v) is 10.5. The van der Waals surface area contributed by atoms with E-state index in [0.717, 1.165) is 18.2 Å². The van der Waals surface area contributed by atoms with Gasteiger partial charge >= 0.3 is 0 Å². The van der Waals surface area contributed by atoms with Crippen LogP contribution in [0, 0.1) is 11.6 Å². The topological polar surface area (TPSA) is 46.2 Å². The average molecular weight is 263 g/mol. The normalized spacial score (nSPS) is 13.6. The Morgan fingerprint density at radius 2 is 2.00 bits per heavy atom. The van der Waals surface area contributed by atoms with E-state index in [9.17, 15) is 17.2 Å². The molecule has 1 N–H and O–H groups in total. The molecule has 1 unspecified atom stereocenters. The zero-order valence-electron chi connectivity index (χ0n) is 9.70. The maximum atomic E-state index is 13.4. The quantitative estimate of drug-likeness (QED) is 0.886. The smallest absolute Gasteiger partial charge is 0.212 e. The van der Waals surface area contributed by atoms with Crippen LogP contribution in [0.5, 0.6) is 0 Å². The molecule has 1 atom stereocenters. The summed E-state index contributed by atoms with van der Waals surface area (Å²) >= 11 is 0. The number of nitrogens with one attached hydrogen (secondary N) is 1. The summed E-state index contributed by atoms with van der Waals surface area (Å²) in [7, 11) is -3.45. The van der Waals surface area contributed by atoms with E-state index in [-0.39, 0.29) is 11.3 Å². The molecule has 0 bridgehead atoms. The second-order valence-corrected chi connectivity index (χ2v) is 5.70. The molecular weight excluding hydrogens is 248 g/mol. The first-order valence-electron chi connectivity index (χ1n) is 5.30. The van der Waals surface area contributed by atoms with Gasteiger partial charge in [0.1, 0.15) is 11.6 Å². The Hall–Kier alpha value is -1.01. The van der Waals surface area contributed by atoms with Crippen LogP contribution in [0.25, 0.3) is 0 Å². The summed E-state index contributed by atoms with van der Waals surface area (Å²) in [6.45, 7) is 3.21. The number of rotatable bonds is 5.